The van der Waals surface area contributed by atoms with Crippen LogP contribution in [0.2, 0.25) is 5.02 Å². The van der Waals surface area contributed by atoms with Gasteiger partial charge in [-0.2, -0.15) is 0 Å². The normalized spacial score (nSPS) is 11.2. The molecule has 1 heterocycles. The standard InChI is InChI=1S/C13H7ClF3NO3/c14-9-5-6-10(18-11(9)12(19)20)7-1-3-8(4-2-7)21-13(15,16)17/h1-6H,(H,19,20). The summed E-state index contributed by atoms with van der Waals surface area (Å²) in [5, 5.41) is 8.89. The van der Waals surface area contributed by atoms with Gasteiger partial charge in [0.1, 0.15) is 5.75 Å². The first-order valence-corrected chi connectivity index (χ1v) is 5.90. The summed E-state index contributed by atoms with van der Waals surface area (Å²) < 4.78 is 39.8. The number of alkyl halides is 3. The molecule has 1 aromatic carbocycles. The Balaban J connectivity index is 2.31. The molecular formula is C13H7ClF3NO3. The van der Waals surface area contributed by atoms with E-state index in [0.717, 1.165) is 12.1 Å². The van der Waals surface area contributed by atoms with E-state index >= 15 is 0 Å². The van der Waals surface area contributed by atoms with Gasteiger partial charge < -0.3 is 9.84 Å². The molecule has 21 heavy (non-hydrogen) atoms. The summed E-state index contributed by atoms with van der Waals surface area (Å²) in [6.45, 7) is 0. The van der Waals surface area contributed by atoms with Gasteiger partial charge in [-0.25, -0.2) is 9.78 Å². The van der Waals surface area contributed by atoms with Crippen molar-refractivity contribution in [1.82, 2.24) is 4.98 Å². The van der Waals surface area contributed by atoms with Gasteiger partial charge in [0.15, 0.2) is 5.69 Å². The Labute approximate surface area is 121 Å². The average Bonchev–Trinajstić information content (AvgIpc) is 2.38. The van der Waals surface area contributed by atoms with Crippen LogP contribution in [0.15, 0.2) is 36.4 Å². The van der Waals surface area contributed by atoms with E-state index in [9.17, 15) is 18.0 Å². The third-order valence-electron chi connectivity index (χ3n) is 2.43. The van der Waals surface area contributed by atoms with Crippen molar-refractivity contribution in [2.75, 3.05) is 0 Å². The summed E-state index contributed by atoms with van der Waals surface area (Å²) in [5.74, 6) is -1.67. The predicted octanol–water partition coefficient (Wildman–Crippen LogP) is 4.00. The number of aromatic nitrogens is 1. The monoisotopic (exact) mass is 317 g/mol. The van der Waals surface area contributed by atoms with E-state index in [-0.39, 0.29) is 22.2 Å². The second kappa shape index (κ2) is 5.61. The predicted molar refractivity (Wildman–Crippen MR) is 68.3 cm³/mol. The SMILES string of the molecule is O=C(O)c1nc(-c2ccc(OC(F)(F)F)cc2)ccc1Cl. The summed E-state index contributed by atoms with van der Waals surface area (Å²) in [6.07, 6.45) is -4.77. The molecule has 0 aliphatic heterocycles. The van der Waals surface area contributed by atoms with Crippen LogP contribution in [-0.2, 0) is 0 Å². The minimum Gasteiger partial charge on any atom is -0.476 e. The number of rotatable bonds is 3. The number of halogens is 4. The molecule has 0 bridgehead atoms. The lowest BCUT2D eigenvalue weighted by atomic mass is 10.1. The van der Waals surface area contributed by atoms with Crippen LogP contribution in [0, 0.1) is 0 Å². The maximum absolute atomic E-state index is 12.0. The molecule has 0 aliphatic rings. The van der Waals surface area contributed by atoms with Gasteiger partial charge in [0.25, 0.3) is 0 Å². The molecule has 0 amide bonds. The number of carbonyl (C=O) groups is 1. The first-order chi connectivity index (χ1) is 9.76. The minimum absolute atomic E-state index is 0.0247. The topological polar surface area (TPSA) is 59.4 Å². The van der Waals surface area contributed by atoms with E-state index in [1.54, 1.807) is 0 Å². The Morgan fingerprint density at radius 3 is 2.29 bits per heavy atom. The van der Waals surface area contributed by atoms with Crippen molar-refractivity contribution in [3.8, 4) is 17.0 Å². The molecule has 1 N–H and O–H groups in total. The van der Waals surface area contributed by atoms with Crippen molar-refractivity contribution in [1.29, 1.82) is 0 Å². The maximum Gasteiger partial charge on any atom is 0.573 e. The van der Waals surface area contributed by atoms with Crippen molar-refractivity contribution >= 4 is 17.6 Å². The number of benzene rings is 1. The Morgan fingerprint density at radius 2 is 1.76 bits per heavy atom. The summed E-state index contributed by atoms with van der Waals surface area (Å²) in [6, 6.07) is 7.72. The van der Waals surface area contributed by atoms with Crippen LogP contribution in [0.3, 0.4) is 0 Å². The molecule has 1 aromatic heterocycles. The fourth-order valence-electron chi connectivity index (χ4n) is 1.58. The molecule has 0 radical (unpaired) electrons. The zero-order chi connectivity index (χ0) is 15.6. The van der Waals surface area contributed by atoms with Crippen molar-refractivity contribution in [3.05, 3.63) is 47.1 Å². The molecule has 0 spiro atoms. The van der Waals surface area contributed by atoms with E-state index < -0.39 is 12.3 Å². The highest BCUT2D eigenvalue weighted by Crippen LogP contribution is 2.27. The molecule has 4 nitrogen and oxygen atoms in total. The smallest absolute Gasteiger partial charge is 0.476 e. The summed E-state index contributed by atoms with van der Waals surface area (Å²) in [5.41, 5.74) is 0.379. The largest absolute Gasteiger partial charge is 0.573 e. The molecule has 0 saturated heterocycles. The summed E-state index contributed by atoms with van der Waals surface area (Å²) in [4.78, 5) is 14.8. The van der Waals surface area contributed by atoms with Gasteiger partial charge in [-0.3, -0.25) is 0 Å². The van der Waals surface area contributed by atoms with Crippen molar-refractivity contribution in [2.24, 2.45) is 0 Å². The lowest BCUT2D eigenvalue weighted by Crippen LogP contribution is -2.16. The number of pyridine rings is 1. The molecule has 2 rings (SSSR count). The van der Waals surface area contributed by atoms with Gasteiger partial charge in [0.2, 0.25) is 0 Å². The van der Waals surface area contributed by atoms with E-state index in [2.05, 4.69) is 9.72 Å². The van der Waals surface area contributed by atoms with Gasteiger partial charge in [0, 0.05) is 5.56 Å². The lowest BCUT2D eigenvalue weighted by Gasteiger charge is -2.09. The van der Waals surface area contributed by atoms with Crippen LogP contribution in [0.5, 0.6) is 5.75 Å². The van der Waals surface area contributed by atoms with Crippen molar-refractivity contribution in [3.63, 3.8) is 0 Å². The highest BCUT2D eigenvalue weighted by atomic mass is 35.5. The lowest BCUT2D eigenvalue weighted by molar-refractivity contribution is -0.274. The van der Waals surface area contributed by atoms with E-state index in [0.29, 0.717) is 5.56 Å². The number of hydrogen-bond acceptors (Lipinski definition) is 3. The molecule has 0 saturated carbocycles. The second-order valence-electron chi connectivity index (χ2n) is 3.90. The molecule has 0 fully saturated rings. The molecule has 0 atom stereocenters. The van der Waals surface area contributed by atoms with Gasteiger partial charge >= 0.3 is 12.3 Å². The van der Waals surface area contributed by atoms with E-state index in [4.69, 9.17) is 16.7 Å². The molecular weight excluding hydrogens is 311 g/mol. The number of hydrogen-bond donors (Lipinski definition) is 1. The molecule has 8 heteroatoms. The Bertz CT molecular complexity index is 671. The van der Waals surface area contributed by atoms with Gasteiger partial charge in [-0.05, 0) is 36.4 Å². The average molecular weight is 318 g/mol. The zero-order valence-corrected chi connectivity index (χ0v) is 10.9. The number of carboxylic acids is 1. The maximum atomic E-state index is 12.0. The van der Waals surface area contributed by atoms with Crippen LogP contribution in [0.4, 0.5) is 13.2 Å². The number of nitrogens with zero attached hydrogens (tertiary/aromatic N) is 1. The Hall–Kier alpha value is -2.28. The van der Waals surface area contributed by atoms with Crippen LogP contribution < -0.4 is 4.74 Å². The Kier molecular flexibility index (Phi) is 4.04. The Morgan fingerprint density at radius 1 is 1.14 bits per heavy atom. The molecule has 0 unspecified atom stereocenters. The first kappa shape index (κ1) is 15.1. The van der Waals surface area contributed by atoms with Crippen LogP contribution >= 0.6 is 11.6 Å². The fraction of sp³-hybridized carbons (Fsp3) is 0.0769. The molecule has 0 aliphatic carbocycles. The van der Waals surface area contributed by atoms with Crippen LogP contribution in [0.25, 0.3) is 11.3 Å². The highest BCUT2D eigenvalue weighted by molar-refractivity contribution is 6.33. The van der Waals surface area contributed by atoms with Crippen LogP contribution in [-0.4, -0.2) is 22.4 Å². The summed E-state index contributed by atoms with van der Waals surface area (Å²) >= 11 is 5.69. The molecule has 2 aromatic rings. The number of ether oxygens (including phenoxy) is 1. The van der Waals surface area contributed by atoms with Gasteiger partial charge in [0.05, 0.1) is 10.7 Å². The van der Waals surface area contributed by atoms with Crippen molar-refractivity contribution in [2.45, 2.75) is 6.36 Å². The quantitative estimate of drug-likeness (QED) is 0.929. The van der Waals surface area contributed by atoms with Crippen molar-refractivity contribution < 1.29 is 27.8 Å². The third kappa shape index (κ3) is 3.85. The highest BCUT2D eigenvalue weighted by Gasteiger charge is 2.30. The zero-order valence-electron chi connectivity index (χ0n) is 10.2. The van der Waals surface area contributed by atoms with E-state index in [1.165, 1.54) is 24.3 Å². The van der Waals surface area contributed by atoms with Gasteiger partial charge in [-0.15, -0.1) is 13.2 Å². The van der Waals surface area contributed by atoms with Gasteiger partial charge in [-0.1, -0.05) is 11.6 Å². The first-order valence-electron chi connectivity index (χ1n) is 5.52. The molecule has 110 valence electrons. The number of carboxylic acid groups (broad SMARTS) is 1. The minimum atomic E-state index is -4.77. The number of aromatic carboxylic acids is 1. The van der Waals surface area contributed by atoms with E-state index in [1.807, 2.05) is 0 Å². The second-order valence-corrected chi connectivity index (χ2v) is 4.31. The fourth-order valence-corrected chi connectivity index (χ4v) is 1.77. The van der Waals surface area contributed by atoms with Crippen LogP contribution in [0.1, 0.15) is 10.5 Å². The summed E-state index contributed by atoms with van der Waals surface area (Å²) in [7, 11) is 0. The third-order valence-corrected chi connectivity index (χ3v) is 2.74.